The van der Waals surface area contributed by atoms with Crippen LogP contribution in [-0.2, 0) is 6.61 Å². The van der Waals surface area contributed by atoms with E-state index in [1.54, 1.807) is 0 Å². The molecule has 1 fully saturated rings. The molecule has 176 valence electrons. The lowest BCUT2D eigenvalue weighted by molar-refractivity contribution is 0.0747. The van der Waals surface area contributed by atoms with Crippen molar-refractivity contribution in [1.29, 1.82) is 0 Å². The SMILES string of the molecule is O=C(c1ccccc1)N1CCN(c2ccc(OCc3ccccc3)c(Nc3ccccc3)c2)CC1. The van der Waals surface area contributed by atoms with Crippen LogP contribution in [-0.4, -0.2) is 37.0 Å². The van der Waals surface area contributed by atoms with E-state index < -0.39 is 0 Å². The molecule has 5 nitrogen and oxygen atoms in total. The van der Waals surface area contributed by atoms with E-state index in [-0.39, 0.29) is 5.91 Å². The monoisotopic (exact) mass is 463 g/mol. The minimum Gasteiger partial charge on any atom is -0.487 e. The second-order valence-electron chi connectivity index (χ2n) is 8.59. The van der Waals surface area contributed by atoms with Gasteiger partial charge in [0.05, 0.1) is 5.69 Å². The molecule has 1 aliphatic heterocycles. The van der Waals surface area contributed by atoms with Crippen LogP contribution < -0.4 is 15.0 Å². The molecule has 0 radical (unpaired) electrons. The maximum absolute atomic E-state index is 12.8. The molecule has 1 N–H and O–H groups in total. The summed E-state index contributed by atoms with van der Waals surface area (Å²) >= 11 is 0. The molecule has 1 amide bonds. The van der Waals surface area contributed by atoms with Crippen molar-refractivity contribution in [3.8, 4) is 5.75 Å². The van der Waals surface area contributed by atoms with Crippen molar-refractivity contribution in [2.24, 2.45) is 0 Å². The fraction of sp³-hybridized carbons (Fsp3) is 0.167. The van der Waals surface area contributed by atoms with Crippen LogP contribution in [0.1, 0.15) is 15.9 Å². The summed E-state index contributed by atoms with van der Waals surface area (Å²) in [6, 6.07) is 36.1. The molecule has 1 heterocycles. The van der Waals surface area contributed by atoms with Crippen molar-refractivity contribution in [2.75, 3.05) is 36.4 Å². The Morgan fingerprint density at radius 1 is 0.743 bits per heavy atom. The van der Waals surface area contributed by atoms with E-state index in [9.17, 15) is 4.79 Å². The van der Waals surface area contributed by atoms with Crippen molar-refractivity contribution >= 4 is 23.0 Å². The quantitative estimate of drug-likeness (QED) is 0.367. The summed E-state index contributed by atoms with van der Waals surface area (Å²) in [6.07, 6.45) is 0. The predicted molar refractivity (Wildman–Crippen MR) is 141 cm³/mol. The lowest BCUT2D eigenvalue weighted by Gasteiger charge is -2.36. The fourth-order valence-corrected chi connectivity index (χ4v) is 4.28. The minimum absolute atomic E-state index is 0.0985. The summed E-state index contributed by atoms with van der Waals surface area (Å²) in [5.74, 6) is 0.903. The number of amides is 1. The zero-order chi connectivity index (χ0) is 23.9. The Morgan fingerprint density at radius 3 is 2.06 bits per heavy atom. The van der Waals surface area contributed by atoms with Crippen molar-refractivity contribution in [3.63, 3.8) is 0 Å². The molecular formula is C30H29N3O2. The number of ether oxygens (including phenoxy) is 1. The van der Waals surface area contributed by atoms with Gasteiger partial charge in [0.25, 0.3) is 5.91 Å². The molecule has 1 saturated heterocycles. The molecule has 4 aromatic carbocycles. The number of hydrogen-bond donors (Lipinski definition) is 1. The maximum atomic E-state index is 12.8. The number of carbonyl (C=O) groups excluding carboxylic acids is 1. The number of piperazine rings is 1. The maximum Gasteiger partial charge on any atom is 0.253 e. The van der Waals surface area contributed by atoms with Gasteiger partial charge in [-0.1, -0.05) is 66.7 Å². The molecule has 5 rings (SSSR count). The van der Waals surface area contributed by atoms with Gasteiger partial charge >= 0.3 is 0 Å². The highest BCUT2D eigenvalue weighted by Crippen LogP contribution is 2.33. The fourth-order valence-electron chi connectivity index (χ4n) is 4.28. The molecule has 0 spiro atoms. The second kappa shape index (κ2) is 10.8. The van der Waals surface area contributed by atoms with Crippen LogP contribution in [0.4, 0.5) is 17.1 Å². The minimum atomic E-state index is 0.0985. The first-order chi connectivity index (χ1) is 17.3. The summed E-state index contributed by atoms with van der Waals surface area (Å²) in [5, 5.41) is 3.52. The Balaban J connectivity index is 1.31. The Bertz CT molecular complexity index is 1240. The van der Waals surface area contributed by atoms with Gasteiger partial charge in [-0.25, -0.2) is 0 Å². The zero-order valence-corrected chi connectivity index (χ0v) is 19.6. The standard InChI is InChI=1S/C30H29N3O2/c34-30(25-12-6-2-7-13-25)33-20-18-32(19-21-33)27-16-17-29(35-23-24-10-4-1-5-11-24)28(22-27)31-26-14-8-3-9-15-26/h1-17,22,31H,18-21,23H2. The first kappa shape index (κ1) is 22.5. The van der Waals surface area contributed by atoms with Crippen LogP contribution in [0.25, 0.3) is 0 Å². The molecule has 5 heteroatoms. The Labute approximate surface area is 206 Å². The first-order valence-electron chi connectivity index (χ1n) is 12.0. The molecule has 0 unspecified atom stereocenters. The van der Waals surface area contributed by atoms with Gasteiger partial charge in [0.15, 0.2) is 0 Å². The van der Waals surface area contributed by atoms with Crippen molar-refractivity contribution in [3.05, 3.63) is 120 Å². The highest BCUT2D eigenvalue weighted by Gasteiger charge is 2.23. The third-order valence-corrected chi connectivity index (χ3v) is 6.21. The molecule has 35 heavy (non-hydrogen) atoms. The van der Waals surface area contributed by atoms with Crippen LogP contribution in [0.15, 0.2) is 109 Å². The summed E-state index contributed by atoms with van der Waals surface area (Å²) in [6.45, 7) is 3.47. The van der Waals surface area contributed by atoms with Crippen molar-refractivity contribution in [1.82, 2.24) is 4.90 Å². The Morgan fingerprint density at radius 2 is 1.37 bits per heavy atom. The number of carbonyl (C=O) groups is 1. The normalized spacial score (nSPS) is 13.4. The first-order valence-corrected chi connectivity index (χ1v) is 12.0. The van der Waals surface area contributed by atoms with Gasteiger partial charge in [-0.3, -0.25) is 4.79 Å². The lowest BCUT2D eigenvalue weighted by atomic mass is 10.1. The average Bonchev–Trinajstić information content (AvgIpc) is 2.94. The van der Waals surface area contributed by atoms with Gasteiger partial charge in [-0.15, -0.1) is 0 Å². The smallest absolute Gasteiger partial charge is 0.253 e. The molecule has 0 atom stereocenters. The zero-order valence-electron chi connectivity index (χ0n) is 19.6. The number of nitrogens with one attached hydrogen (secondary N) is 1. The molecule has 0 aliphatic carbocycles. The molecular weight excluding hydrogens is 434 g/mol. The Kier molecular flexibility index (Phi) is 6.94. The number of para-hydroxylation sites is 1. The van der Waals surface area contributed by atoms with Crippen LogP contribution in [0.3, 0.4) is 0 Å². The molecule has 0 bridgehead atoms. The van der Waals surface area contributed by atoms with Crippen LogP contribution in [0.5, 0.6) is 5.75 Å². The summed E-state index contributed by atoms with van der Waals surface area (Å²) in [5.41, 5.74) is 4.92. The average molecular weight is 464 g/mol. The number of nitrogens with zero attached hydrogens (tertiary/aromatic N) is 2. The van der Waals surface area contributed by atoms with E-state index in [0.29, 0.717) is 19.7 Å². The number of rotatable bonds is 7. The van der Waals surface area contributed by atoms with Gasteiger partial charge in [-0.05, 0) is 48.0 Å². The lowest BCUT2D eigenvalue weighted by Crippen LogP contribution is -2.48. The van der Waals surface area contributed by atoms with E-state index >= 15 is 0 Å². The van der Waals surface area contributed by atoms with Gasteiger partial charge in [0.2, 0.25) is 0 Å². The van der Waals surface area contributed by atoms with E-state index in [1.165, 1.54) is 0 Å². The van der Waals surface area contributed by atoms with Crippen molar-refractivity contribution < 1.29 is 9.53 Å². The third-order valence-electron chi connectivity index (χ3n) is 6.21. The van der Waals surface area contributed by atoms with Crippen LogP contribution in [0, 0.1) is 0 Å². The highest BCUT2D eigenvalue weighted by atomic mass is 16.5. The van der Waals surface area contributed by atoms with Gasteiger partial charge < -0.3 is 19.9 Å². The number of anilines is 3. The predicted octanol–water partition coefficient (Wildman–Crippen LogP) is 5.97. The van der Waals surface area contributed by atoms with E-state index in [2.05, 4.69) is 34.5 Å². The number of hydrogen-bond acceptors (Lipinski definition) is 4. The van der Waals surface area contributed by atoms with Gasteiger partial charge in [-0.2, -0.15) is 0 Å². The van der Waals surface area contributed by atoms with E-state index in [4.69, 9.17) is 4.74 Å². The molecule has 4 aromatic rings. The summed E-state index contributed by atoms with van der Waals surface area (Å²) in [7, 11) is 0. The summed E-state index contributed by atoms with van der Waals surface area (Å²) < 4.78 is 6.20. The van der Waals surface area contributed by atoms with Crippen molar-refractivity contribution in [2.45, 2.75) is 6.61 Å². The molecule has 0 saturated carbocycles. The summed E-state index contributed by atoms with van der Waals surface area (Å²) in [4.78, 5) is 17.1. The largest absolute Gasteiger partial charge is 0.487 e. The Hall–Kier alpha value is -4.25. The van der Waals surface area contributed by atoms with Crippen LogP contribution in [0.2, 0.25) is 0 Å². The molecule has 1 aliphatic rings. The highest BCUT2D eigenvalue weighted by molar-refractivity contribution is 5.94. The van der Waals surface area contributed by atoms with E-state index in [1.807, 2.05) is 89.8 Å². The van der Waals surface area contributed by atoms with Crippen LogP contribution >= 0.6 is 0 Å². The topological polar surface area (TPSA) is 44.8 Å². The second-order valence-corrected chi connectivity index (χ2v) is 8.59. The van der Waals surface area contributed by atoms with Gasteiger partial charge in [0, 0.05) is 43.1 Å². The third kappa shape index (κ3) is 5.64. The number of benzene rings is 4. The molecule has 0 aromatic heterocycles. The van der Waals surface area contributed by atoms with E-state index in [0.717, 1.165) is 47.0 Å². The van der Waals surface area contributed by atoms with Gasteiger partial charge in [0.1, 0.15) is 12.4 Å².